The Morgan fingerprint density at radius 2 is 2.33 bits per heavy atom. The summed E-state index contributed by atoms with van der Waals surface area (Å²) in [7, 11) is 3.85. The van der Waals surface area contributed by atoms with E-state index in [0.29, 0.717) is 6.54 Å². The Morgan fingerprint density at radius 1 is 1.58 bits per heavy atom. The van der Waals surface area contributed by atoms with Gasteiger partial charge < -0.3 is 9.74 Å². The van der Waals surface area contributed by atoms with Crippen LogP contribution in [0.3, 0.4) is 0 Å². The molecule has 1 aromatic rings. The molecule has 0 aromatic carbocycles. The van der Waals surface area contributed by atoms with Gasteiger partial charge in [-0.05, 0) is 12.1 Å². The molecule has 0 saturated carbocycles. The molecule has 0 bridgehead atoms. The summed E-state index contributed by atoms with van der Waals surface area (Å²) in [6.45, 7) is 7.16. The van der Waals surface area contributed by atoms with Gasteiger partial charge in [-0.25, -0.2) is 11.6 Å². The lowest BCUT2D eigenvalue weighted by Crippen LogP contribution is -2.12. The van der Waals surface area contributed by atoms with Gasteiger partial charge in [0.1, 0.15) is 5.82 Å². The van der Waals surface area contributed by atoms with Crippen LogP contribution in [0.15, 0.2) is 18.3 Å². The first-order valence-corrected chi connectivity index (χ1v) is 3.70. The molecule has 62 valence electrons. The summed E-state index contributed by atoms with van der Waals surface area (Å²) < 4.78 is 0. The Kier molecular flexibility index (Phi) is 2.65. The van der Waals surface area contributed by atoms with E-state index in [4.69, 9.17) is 6.57 Å². The molecular formula is C9H11N3. The van der Waals surface area contributed by atoms with E-state index in [1.54, 1.807) is 6.20 Å². The molecule has 12 heavy (non-hydrogen) atoms. The van der Waals surface area contributed by atoms with E-state index >= 15 is 0 Å². The molecule has 3 heteroatoms. The van der Waals surface area contributed by atoms with Gasteiger partial charge in [0.15, 0.2) is 0 Å². The summed E-state index contributed by atoms with van der Waals surface area (Å²) in [6.07, 6.45) is 1.74. The number of anilines is 1. The summed E-state index contributed by atoms with van der Waals surface area (Å²) in [6, 6.07) is 3.79. The third-order valence-corrected chi connectivity index (χ3v) is 1.54. The first kappa shape index (κ1) is 8.54. The molecule has 0 aliphatic rings. The first-order valence-electron chi connectivity index (χ1n) is 3.70. The van der Waals surface area contributed by atoms with Crippen molar-refractivity contribution >= 4 is 5.82 Å². The summed E-state index contributed by atoms with van der Waals surface area (Å²) in [5.41, 5.74) is 0.984. The molecule has 0 unspecified atom stereocenters. The van der Waals surface area contributed by atoms with E-state index in [0.717, 1.165) is 11.4 Å². The van der Waals surface area contributed by atoms with Crippen LogP contribution in [0.4, 0.5) is 5.82 Å². The average molecular weight is 161 g/mol. The second-order valence-electron chi connectivity index (χ2n) is 2.70. The lowest BCUT2D eigenvalue weighted by Gasteiger charge is -2.12. The maximum Gasteiger partial charge on any atom is 0.243 e. The zero-order chi connectivity index (χ0) is 8.97. The largest absolute Gasteiger partial charge is 0.362 e. The minimum atomic E-state index is 0.404. The Labute approximate surface area is 72.5 Å². The van der Waals surface area contributed by atoms with E-state index in [1.807, 2.05) is 31.1 Å². The Morgan fingerprint density at radius 3 is 2.92 bits per heavy atom. The van der Waals surface area contributed by atoms with Crippen LogP contribution in [0.25, 0.3) is 4.85 Å². The molecule has 3 nitrogen and oxygen atoms in total. The van der Waals surface area contributed by atoms with Crippen LogP contribution in [0.2, 0.25) is 0 Å². The summed E-state index contributed by atoms with van der Waals surface area (Å²) in [4.78, 5) is 9.43. The highest BCUT2D eigenvalue weighted by Gasteiger charge is 2.05. The maximum atomic E-state index is 6.76. The predicted octanol–water partition coefficient (Wildman–Crippen LogP) is 1.57. The van der Waals surface area contributed by atoms with Crippen LogP contribution < -0.4 is 4.90 Å². The molecule has 0 saturated heterocycles. The average Bonchev–Trinajstić information content (AvgIpc) is 2.05. The second kappa shape index (κ2) is 3.72. The summed E-state index contributed by atoms with van der Waals surface area (Å²) >= 11 is 0. The van der Waals surface area contributed by atoms with Crippen LogP contribution in [-0.4, -0.2) is 19.1 Å². The van der Waals surface area contributed by atoms with Crippen molar-refractivity contribution in [2.45, 2.75) is 6.54 Å². The molecule has 1 heterocycles. The normalized spacial score (nSPS) is 9.08. The van der Waals surface area contributed by atoms with Crippen molar-refractivity contribution in [1.29, 1.82) is 0 Å². The Hall–Kier alpha value is -1.56. The fraction of sp³-hybridized carbons (Fsp3) is 0.333. The Balaban J connectivity index is 3.02. The molecule has 0 aliphatic carbocycles. The van der Waals surface area contributed by atoms with Gasteiger partial charge in [-0.1, -0.05) is 0 Å². The standard InChI is InChI=1S/C9H11N3/c1-10-7-8-5-4-6-11-9(8)12(2)3/h4-6H,7H2,2-3H3. The van der Waals surface area contributed by atoms with Gasteiger partial charge in [0.2, 0.25) is 6.54 Å². The van der Waals surface area contributed by atoms with Crippen LogP contribution in [0.1, 0.15) is 5.56 Å². The highest BCUT2D eigenvalue weighted by Crippen LogP contribution is 2.14. The van der Waals surface area contributed by atoms with Crippen LogP contribution in [0, 0.1) is 6.57 Å². The summed E-state index contributed by atoms with van der Waals surface area (Å²) in [5, 5.41) is 0. The number of rotatable bonds is 2. The van der Waals surface area contributed by atoms with E-state index in [9.17, 15) is 0 Å². The number of hydrogen-bond donors (Lipinski definition) is 0. The van der Waals surface area contributed by atoms with E-state index in [2.05, 4.69) is 9.83 Å². The molecule has 1 rings (SSSR count). The Bertz CT molecular complexity index is 299. The van der Waals surface area contributed by atoms with Crippen molar-refractivity contribution in [3.8, 4) is 0 Å². The third-order valence-electron chi connectivity index (χ3n) is 1.54. The second-order valence-corrected chi connectivity index (χ2v) is 2.70. The van der Waals surface area contributed by atoms with Crippen molar-refractivity contribution in [3.63, 3.8) is 0 Å². The lowest BCUT2D eigenvalue weighted by molar-refractivity contribution is 1.03. The van der Waals surface area contributed by atoms with E-state index < -0.39 is 0 Å². The predicted molar refractivity (Wildman–Crippen MR) is 48.9 cm³/mol. The van der Waals surface area contributed by atoms with Crippen LogP contribution in [0.5, 0.6) is 0 Å². The van der Waals surface area contributed by atoms with Crippen molar-refractivity contribution in [1.82, 2.24) is 4.98 Å². The van der Waals surface area contributed by atoms with Crippen molar-refractivity contribution < 1.29 is 0 Å². The third kappa shape index (κ3) is 1.73. The van der Waals surface area contributed by atoms with Gasteiger partial charge >= 0.3 is 0 Å². The molecule has 0 N–H and O–H groups in total. The fourth-order valence-electron chi connectivity index (χ4n) is 1.04. The number of aromatic nitrogens is 1. The zero-order valence-corrected chi connectivity index (χ0v) is 7.28. The summed E-state index contributed by atoms with van der Waals surface area (Å²) in [5.74, 6) is 0.883. The molecular weight excluding hydrogens is 150 g/mol. The highest BCUT2D eigenvalue weighted by molar-refractivity contribution is 5.45. The number of hydrogen-bond acceptors (Lipinski definition) is 2. The minimum Gasteiger partial charge on any atom is -0.362 e. The monoisotopic (exact) mass is 161 g/mol. The first-order chi connectivity index (χ1) is 5.75. The topological polar surface area (TPSA) is 20.5 Å². The van der Waals surface area contributed by atoms with Gasteiger partial charge in [-0.15, -0.1) is 0 Å². The van der Waals surface area contributed by atoms with Gasteiger partial charge in [0.25, 0.3) is 0 Å². The minimum absolute atomic E-state index is 0.404. The molecule has 0 aliphatic heterocycles. The SMILES string of the molecule is [C-]#[N+]Cc1cccnc1N(C)C. The van der Waals surface area contributed by atoms with Crippen molar-refractivity contribution in [2.24, 2.45) is 0 Å². The molecule has 1 aromatic heterocycles. The van der Waals surface area contributed by atoms with Crippen LogP contribution >= 0.6 is 0 Å². The quantitative estimate of drug-likeness (QED) is 0.614. The lowest BCUT2D eigenvalue weighted by atomic mass is 10.2. The van der Waals surface area contributed by atoms with Crippen molar-refractivity contribution in [2.75, 3.05) is 19.0 Å². The molecule has 0 fully saturated rings. The van der Waals surface area contributed by atoms with Crippen LogP contribution in [-0.2, 0) is 6.54 Å². The highest BCUT2D eigenvalue weighted by atomic mass is 15.1. The zero-order valence-electron chi connectivity index (χ0n) is 7.28. The maximum absolute atomic E-state index is 6.76. The molecule has 0 spiro atoms. The van der Waals surface area contributed by atoms with Gasteiger partial charge in [-0.3, -0.25) is 0 Å². The molecule has 0 radical (unpaired) electrons. The fourth-order valence-corrected chi connectivity index (χ4v) is 1.04. The van der Waals surface area contributed by atoms with Gasteiger partial charge in [0, 0.05) is 20.3 Å². The van der Waals surface area contributed by atoms with Gasteiger partial charge in [0.05, 0.1) is 5.56 Å². The van der Waals surface area contributed by atoms with E-state index in [1.165, 1.54) is 0 Å². The molecule has 0 amide bonds. The number of nitrogens with zero attached hydrogens (tertiary/aromatic N) is 3. The number of pyridine rings is 1. The van der Waals surface area contributed by atoms with Crippen molar-refractivity contribution in [3.05, 3.63) is 35.3 Å². The molecule has 0 atom stereocenters. The van der Waals surface area contributed by atoms with E-state index in [-0.39, 0.29) is 0 Å². The van der Waals surface area contributed by atoms with Gasteiger partial charge in [-0.2, -0.15) is 0 Å². The smallest absolute Gasteiger partial charge is 0.243 e.